The predicted octanol–water partition coefficient (Wildman–Crippen LogP) is 4.96. The van der Waals surface area contributed by atoms with E-state index in [-0.39, 0.29) is 24.0 Å². The molecule has 0 saturated carbocycles. The van der Waals surface area contributed by atoms with Gasteiger partial charge in [0.25, 0.3) is 0 Å². The number of hydrogen-bond acceptors (Lipinski definition) is 0. The Bertz CT molecular complexity index is 241. The lowest BCUT2D eigenvalue weighted by Crippen LogP contribution is -3.00. The van der Waals surface area contributed by atoms with Crippen molar-refractivity contribution in [3.05, 3.63) is 0 Å². The molecule has 0 aromatic carbocycles. The fraction of sp³-hybridized carbons (Fsp3) is 1.00. The summed E-state index contributed by atoms with van der Waals surface area (Å²) in [7, 11) is 2.44. The summed E-state index contributed by atoms with van der Waals surface area (Å²) >= 11 is 6.09. The van der Waals surface area contributed by atoms with E-state index in [0.29, 0.717) is 0 Å². The van der Waals surface area contributed by atoms with Crippen molar-refractivity contribution in [2.45, 2.75) is 117 Å². The summed E-state index contributed by atoms with van der Waals surface area (Å²) in [6.45, 7) is 8.40. The van der Waals surface area contributed by atoms with E-state index in [4.69, 9.17) is 11.6 Å². The molecule has 3 heteroatoms. The van der Waals surface area contributed by atoms with Crippen molar-refractivity contribution in [3.63, 3.8) is 0 Å². The van der Waals surface area contributed by atoms with Gasteiger partial charge in [-0.2, -0.15) is 0 Å². The molecule has 1 nitrogen and oxygen atoms in total. The van der Waals surface area contributed by atoms with E-state index in [1.807, 2.05) is 0 Å². The SMILES string of the molecule is CCCCCCCCCC[N+](C)(CCCl)CCCCCCCCCC.[I-]. The third-order valence-corrected chi connectivity index (χ3v) is 5.90. The number of unbranched alkanes of at least 4 members (excludes halogenated alkanes) is 14. The summed E-state index contributed by atoms with van der Waals surface area (Å²) < 4.78 is 1.20. The van der Waals surface area contributed by atoms with Crippen molar-refractivity contribution in [1.29, 1.82) is 0 Å². The molecule has 26 heavy (non-hydrogen) atoms. The Morgan fingerprint density at radius 2 is 0.808 bits per heavy atom. The highest BCUT2D eigenvalue weighted by atomic mass is 127. The molecule has 0 radical (unpaired) electrons. The van der Waals surface area contributed by atoms with Crippen LogP contribution in [0.5, 0.6) is 0 Å². The summed E-state index contributed by atoms with van der Waals surface area (Å²) in [5, 5.41) is 0. The molecule has 0 N–H and O–H groups in total. The minimum atomic E-state index is 0. The molecule has 0 aliphatic heterocycles. The Morgan fingerprint density at radius 3 is 1.12 bits per heavy atom. The first kappa shape index (κ1) is 29.2. The van der Waals surface area contributed by atoms with Crippen molar-refractivity contribution >= 4 is 11.6 Å². The molecule has 0 saturated heterocycles. The molecular formula is C23H49ClIN. The molecule has 0 aliphatic rings. The van der Waals surface area contributed by atoms with Gasteiger partial charge in [0.1, 0.15) is 0 Å². The van der Waals surface area contributed by atoms with Crippen LogP contribution in [0.3, 0.4) is 0 Å². The quantitative estimate of drug-likeness (QED) is 0.0957. The summed E-state index contributed by atoms with van der Waals surface area (Å²) in [6.07, 6.45) is 22.7. The highest BCUT2D eigenvalue weighted by Gasteiger charge is 2.19. The van der Waals surface area contributed by atoms with Gasteiger partial charge in [-0.25, -0.2) is 0 Å². The second-order valence-corrected chi connectivity index (χ2v) is 8.81. The Hall–Kier alpha value is 0.980. The molecule has 0 aliphatic carbocycles. The van der Waals surface area contributed by atoms with Gasteiger partial charge in [-0.05, 0) is 25.7 Å². The van der Waals surface area contributed by atoms with Crippen molar-refractivity contribution in [3.8, 4) is 0 Å². The van der Waals surface area contributed by atoms with Gasteiger partial charge in [-0.3, -0.25) is 0 Å². The fourth-order valence-corrected chi connectivity index (χ4v) is 4.20. The predicted molar refractivity (Wildman–Crippen MR) is 117 cm³/mol. The maximum Gasteiger partial charge on any atom is 0.0922 e. The Balaban J connectivity index is 0. The molecule has 0 unspecified atom stereocenters. The number of halogens is 2. The highest BCUT2D eigenvalue weighted by molar-refractivity contribution is 6.17. The third kappa shape index (κ3) is 19.7. The lowest BCUT2D eigenvalue weighted by Gasteiger charge is -2.34. The first-order valence-corrected chi connectivity index (χ1v) is 12.1. The minimum absolute atomic E-state index is 0. The van der Waals surface area contributed by atoms with E-state index in [9.17, 15) is 0 Å². The van der Waals surface area contributed by atoms with E-state index in [1.54, 1.807) is 0 Å². The molecule has 0 atom stereocenters. The van der Waals surface area contributed by atoms with Crippen LogP contribution < -0.4 is 24.0 Å². The molecule has 0 rings (SSSR count). The maximum absolute atomic E-state index is 6.09. The number of hydrogen-bond donors (Lipinski definition) is 0. The zero-order valence-electron chi connectivity index (χ0n) is 18.3. The molecule has 0 aromatic rings. The maximum atomic E-state index is 6.09. The first-order valence-electron chi connectivity index (χ1n) is 11.6. The van der Waals surface area contributed by atoms with Gasteiger partial charge in [0.05, 0.1) is 32.6 Å². The average molecular weight is 502 g/mol. The van der Waals surface area contributed by atoms with E-state index in [0.717, 1.165) is 12.4 Å². The Morgan fingerprint density at radius 1 is 0.500 bits per heavy atom. The number of nitrogens with zero attached hydrogens (tertiary/aromatic N) is 1. The van der Waals surface area contributed by atoms with Gasteiger partial charge in [-0.15, -0.1) is 11.6 Å². The van der Waals surface area contributed by atoms with Crippen LogP contribution in [0.15, 0.2) is 0 Å². The van der Waals surface area contributed by atoms with Crippen LogP contribution in [0.1, 0.15) is 117 Å². The number of quaternary nitrogens is 1. The first-order chi connectivity index (χ1) is 12.2. The average Bonchev–Trinajstić information content (AvgIpc) is 2.60. The fourth-order valence-electron chi connectivity index (χ4n) is 3.79. The van der Waals surface area contributed by atoms with E-state index in [1.165, 1.54) is 120 Å². The van der Waals surface area contributed by atoms with Crippen LogP contribution in [0.25, 0.3) is 0 Å². The lowest BCUT2D eigenvalue weighted by atomic mass is 10.1. The zero-order chi connectivity index (χ0) is 18.6. The highest BCUT2D eigenvalue weighted by Crippen LogP contribution is 2.14. The van der Waals surface area contributed by atoms with Crippen LogP contribution >= 0.6 is 11.6 Å². The molecule has 0 fully saturated rings. The molecule has 0 aromatic heterocycles. The van der Waals surface area contributed by atoms with Gasteiger partial charge >= 0.3 is 0 Å². The van der Waals surface area contributed by atoms with Crippen molar-refractivity contribution < 1.29 is 28.5 Å². The van der Waals surface area contributed by atoms with Gasteiger partial charge in [0, 0.05) is 0 Å². The number of alkyl halides is 1. The summed E-state index contributed by atoms with van der Waals surface area (Å²) in [4.78, 5) is 0. The van der Waals surface area contributed by atoms with Crippen LogP contribution in [0.2, 0.25) is 0 Å². The third-order valence-electron chi connectivity index (χ3n) is 5.73. The Labute approximate surface area is 188 Å². The standard InChI is InChI=1S/C23H49ClN.HI/c1-4-6-8-10-12-14-16-18-21-25(3,23-20-24)22-19-17-15-13-11-9-7-5-2;/h4-23H2,1-3H3;1H/q+1;/p-1. The van der Waals surface area contributed by atoms with Crippen LogP contribution in [0.4, 0.5) is 0 Å². The molecular weight excluding hydrogens is 453 g/mol. The van der Waals surface area contributed by atoms with Crippen molar-refractivity contribution in [2.24, 2.45) is 0 Å². The molecule has 0 amide bonds. The zero-order valence-corrected chi connectivity index (χ0v) is 21.3. The molecule has 0 heterocycles. The van der Waals surface area contributed by atoms with E-state index in [2.05, 4.69) is 20.9 Å². The largest absolute Gasteiger partial charge is 1.00 e. The normalized spacial score (nSPS) is 11.5. The van der Waals surface area contributed by atoms with Gasteiger partial charge in [0.2, 0.25) is 0 Å². The minimum Gasteiger partial charge on any atom is -1.00 e. The van der Waals surface area contributed by atoms with Crippen LogP contribution in [-0.4, -0.2) is 37.0 Å². The van der Waals surface area contributed by atoms with Gasteiger partial charge in [0.15, 0.2) is 0 Å². The van der Waals surface area contributed by atoms with Crippen LogP contribution in [-0.2, 0) is 0 Å². The second-order valence-electron chi connectivity index (χ2n) is 8.43. The van der Waals surface area contributed by atoms with E-state index < -0.39 is 0 Å². The number of rotatable bonds is 20. The topological polar surface area (TPSA) is 0 Å². The Kier molecular flexibility index (Phi) is 25.0. The summed E-state index contributed by atoms with van der Waals surface area (Å²) in [5.74, 6) is 0.810. The molecule has 160 valence electrons. The summed E-state index contributed by atoms with van der Waals surface area (Å²) in [5.41, 5.74) is 0. The smallest absolute Gasteiger partial charge is 0.0922 e. The summed E-state index contributed by atoms with van der Waals surface area (Å²) in [6, 6.07) is 0. The molecule has 0 spiro atoms. The van der Waals surface area contributed by atoms with Gasteiger partial charge in [-0.1, -0.05) is 90.9 Å². The van der Waals surface area contributed by atoms with Crippen molar-refractivity contribution in [1.82, 2.24) is 0 Å². The second kappa shape index (κ2) is 22.3. The lowest BCUT2D eigenvalue weighted by molar-refractivity contribution is -0.907. The van der Waals surface area contributed by atoms with E-state index >= 15 is 0 Å². The van der Waals surface area contributed by atoms with Crippen molar-refractivity contribution in [2.75, 3.05) is 32.6 Å². The monoisotopic (exact) mass is 501 g/mol. The van der Waals surface area contributed by atoms with Gasteiger partial charge < -0.3 is 28.5 Å². The van der Waals surface area contributed by atoms with Crippen LogP contribution in [0, 0.1) is 0 Å². The molecule has 0 bridgehead atoms.